The van der Waals surface area contributed by atoms with Gasteiger partial charge in [-0.25, -0.2) is 0 Å². The van der Waals surface area contributed by atoms with E-state index in [0.29, 0.717) is 4.90 Å². The van der Waals surface area contributed by atoms with Crippen LogP contribution >= 0.6 is 0 Å². The lowest BCUT2D eigenvalue weighted by atomic mass is 9.95. The first-order valence-corrected chi connectivity index (χ1v) is 4.56. The zero-order chi connectivity index (χ0) is 12.5. The average molecular weight is 240 g/mol. The monoisotopic (exact) mass is 240 g/mol. The molecule has 0 saturated carbocycles. The van der Waals surface area contributed by atoms with Gasteiger partial charge in [0.25, 0.3) is 0 Å². The normalized spacial score (nSPS) is 26.6. The van der Waals surface area contributed by atoms with Gasteiger partial charge in [-0.3, -0.25) is 9.59 Å². The number of aliphatic carboxylic acids is 1. The highest BCUT2D eigenvalue weighted by Crippen LogP contribution is 2.23. The number of hydrogen-bond donors (Lipinski definition) is 2. The van der Waals surface area contributed by atoms with Crippen LogP contribution in [0.4, 0.5) is 13.2 Å². The van der Waals surface area contributed by atoms with Gasteiger partial charge in [-0.2, -0.15) is 13.2 Å². The van der Waals surface area contributed by atoms with Crippen molar-refractivity contribution in [1.29, 1.82) is 0 Å². The lowest BCUT2D eigenvalue weighted by Crippen LogP contribution is -2.54. The molecule has 0 spiro atoms. The van der Waals surface area contributed by atoms with E-state index in [1.807, 2.05) is 0 Å². The molecule has 2 atom stereocenters. The van der Waals surface area contributed by atoms with Crippen molar-refractivity contribution in [3.63, 3.8) is 0 Å². The second kappa shape index (κ2) is 4.28. The van der Waals surface area contributed by atoms with Crippen molar-refractivity contribution in [3.05, 3.63) is 0 Å². The summed E-state index contributed by atoms with van der Waals surface area (Å²) in [6, 6.07) is -0.735. The zero-order valence-electron chi connectivity index (χ0n) is 8.20. The minimum Gasteiger partial charge on any atom is -0.481 e. The highest BCUT2D eigenvalue weighted by atomic mass is 19.4. The number of carboxylic acids is 1. The standard InChI is InChI=1S/C8H11F3N2O3/c9-8(10,11)7(16)13-2-4(6(14)15)1-5(12)3-13/h4-5H,1-3,12H2,(H,14,15)/t4-,5-/m0/s1. The summed E-state index contributed by atoms with van der Waals surface area (Å²) in [7, 11) is 0. The number of carbonyl (C=O) groups is 2. The van der Waals surface area contributed by atoms with Gasteiger partial charge in [0.2, 0.25) is 0 Å². The van der Waals surface area contributed by atoms with E-state index in [4.69, 9.17) is 10.8 Å². The van der Waals surface area contributed by atoms with Crippen LogP contribution in [0.3, 0.4) is 0 Å². The summed E-state index contributed by atoms with van der Waals surface area (Å²) >= 11 is 0. The van der Waals surface area contributed by atoms with Crippen LogP contribution in [-0.4, -0.2) is 47.2 Å². The number of halogens is 3. The second-order valence-corrected chi connectivity index (χ2v) is 3.74. The van der Waals surface area contributed by atoms with E-state index < -0.39 is 36.6 Å². The third kappa shape index (κ3) is 2.84. The van der Waals surface area contributed by atoms with Crippen LogP contribution in [0.2, 0.25) is 0 Å². The van der Waals surface area contributed by atoms with E-state index in [0.717, 1.165) is 0 Å². The minimum absolute atomic E-state index is 0.0803. The predicted molar refractivity (Wildman–Crippen MR) is 46.4 cm³/mol. The summed E-state index contributed by atoms with van der Waals surface area (Å²) in [6.45, 7) is -0.705. The number of amides is 1. The molecule has 1 aliphatic rings. The maximum absolute atomic E-state index is 12.1. The number of likely N-dealkylation sites (tertiary alicyclic amines) is 1. The van der Waals surface area contributed by atoms with Crippen molar-refractivity contribution in [3.8, 4) is 0 Å². The summed E-state index contributed by atoms with van der Waals surface area (Å²) < 4.78 is 36.3. The Bertz CT molecular complexity index is 305. The van der Waals surface area contributed by atoms with Gasteiger partial charge in [-0.05, 0) is 6.42 Å². The third-order valence-electron chi connectivity index (χ3n) is 2.36. The lowest BCUT2D eigenvalue weighted by Gasteiger charge is -2.34. The summed E-state index contributed by atoms with van der Waals surface area (Å²) in [6.07, 6.45) is -4.91. The molecule has 0 bridgehead atoms. The molecule has 0 aromatic rings. The van der Waals surface area contributed by atoms with Crippen LogP contribution in [-0.2, 0) is 9.59 Å². The van der Waals surface area contributed by atoms with Crippen molar-refractivity contribution in [2.45, 2.75) is 18.6 Å². The Hall–Kier alpha value is -1.31. The molecular formula is C8H11F3N2O3. The van der Waals surface area contributed by atoms with Gasteiger partial charge in [0.05, 0.1) is 5.92 Å². The lowest BCUT2D eigenvalue weighted by molar-refractivity contribution is -0.188. The molecule has 0 aliphatic carbocycles. The van der Waals surface area contributed by atoms with Gasteiger partial charge < -0.3 is 15.7 Å². The Morgan fingerprint density at radius 3 is 2.31 bits per heavy atom. The van der Waals surface area contributed by atoms with Crippen molar-refractivity contribution in [1.82, 2.24) is 4.90 Å². The molecule has 1 amide bonds. The minimum atomic E-state index is -4.99. The SMILES string of the molecule is N[C@H]1C[C@H](C(=O)O)CN(C(=O)C(F)(F)F)C1. The van der Waals surface area contributed by atoms with Crippen LogP contribution in [0.15, 0.2) is 0 Å². The van der Waals surface area contributed by atoms with Gasteiger partial charge in [-0.1, -0.05) is 0 Å². The summed E-state index contributed by atoms with van der Waals surface area (Å²) in [5.41, 5.74) is 5.41. The number of carboxylic acid groups (broad SMARTS) is 1. The highest BCUT2D eigenvalue weighted by Gasteiger charge is 2.45. The molecule has 1 fully saturated rings. The fraction of sp³-hybridized carbons (Fsp3) is 0.750. The topological polar surface area (TPSA) is 83.6 Å². The van der Waals surface area contributed by atoms with Crippen molar-refractivity contribution < 1.29 is 27.9 Å². The van der Waals surface area contributed by atoms with Gasteiger partial charge in [0.15, 0.2) is 0 Å². The third-order valence-corrected chi connectivity index (χ3v) is 2.36. The summed E-state index contributed by atoms with van der Waals surface area (Å²) in [5, 5.41) is 8.68. The van der Waals surface area contributed by atoms with Crippen LogP contribution in [0, 0.1) is 5.92 Å². The molecule has 16 heavy (non-hydrogen) atoms. The predicted octanol–water partition coefficient (Wildman–Crippen LogP) is -0.191. The molecular weight excluding hydrogens is 229 g/mol. The van der Waals surface area contributed by atoms with Gasteiger partial charge in [-0.15, -0.1) is 0 Å². The summed E-state index contributed by atoms with van der Waals surface area (Å²) in [5.74, 6) is -4.31. The van der Waals surface area contributed by atoms with E-state index >= 15 is 0 Å². The van der Waals surface area contributed by atoms with Gasteiger partial charge >= 0.3 is 18.1 Å². The molecule has 92 valence electrons. The van der Waals surface area contributed by atoms with E-state index in [2.05, 4.69) is 0 Å². The molecule has 0 aromatic carbocycles. The van der Waals surface area contributed by atoms with E-state index in [-0.39, 0.29) is 13.0 Å². The highest BCUT2D eigenvalue weighted by molar-refractivity contribution is 5.83. The molecule has 5 nitrogen and oxygen atoms in total. The molecule has 0 aromatic heterocycles. The number of alkyl halides is 3. The van der Waals surface area contributed by atoms with Crippen LogP contribution < -0.4 is 5.73 Å². The quantitative estimate of drug-likeness (QED) is 0.665. The van der Waals surface area contributed by atoms with Crippen LogP contribution in [0.25, 0.3) is 0 Å². The van der Waals surface area contributed by atoms with E-state index in [9.17, 15) is 22.8 Å². The van der Waals surface area contributed by atoms with Gasteiger partial charge in [0, 0.05) is 19.1 Å². The number of nitrogens with two attached hydrogens (primary N) is 1. The molecule has 0 unspecified atom stereocenters. The number of rotatable bonds is 1. The van der Waals surface area contributed by atoms with E-state index in [1.165, 1.54) is 0 Å². The van der Waals surface area contributed by atoms with Crippen molar-refractivity contribution in [2.75, 3.05) is 13.1 Å². The molecule has 1 rings (SSSR count). The number of hydrogen-bond acceptors (Lipinski definition) is 3. The van der Waals surface area contributed by atoms with Crippen molar-refractivity contribution >= 4 is 11.9 Å². The Kier molecular flexibility index (Phi) is 3.41. The Balaban J connectivity index is 2.75. The van der Waals surface area contributed by atoms with Crippen LogP contribution in [0.1, 0.15) is 6.42 Å². The molecule has 1 heterocycles. The maximum Gasteiger partial charge on any atom is 0.471 e. The maximum atomic E-state index is 12.1. The molecule has 3 N–H and O–H groups in total. The van der Waals surface area contributed by atoms with E-state index in [1.54, 1.807) is 0 Å². The molecule has 1 saturated heterocycles. The smallest absolute Gasteiger partial charge is 0.471 e. The molecule has 8 heteroatoms. The second-order valence-electron chi connectivity index (χ2n) is 3.74. The first-order chi connectivity index (χ1) is 7.21. The first kappa shape index (κ1) is 12.8. The molecule has 0 radical (unpaired) electrons. The van der Waals surface area contributed by atoms with Crippen LogP contribution in [0.5, 0.6) is 0 Å². The van der Waals surface area contributed by atoms with Gasteiger partial charge in [0.1, 0.15) is 0 Å². The average Bonchev–Trinajstić information content (AvgIpc) is 2.14. The fourth-order valence-corrected chi connectivity index (χ4v) is 1.66. The summed E-state index contributed by atoms with van der Waals surface area (Å²) in [4.78, 5) is 22.0. The fourth-order valence-electron chi connectivity index (χ4n) is 1.66. The number of carbonyl (C=O) groups excluding carboxylic acids is 1. The Labute approximate surface area is 89.0 Å². The Morgan fingerprint density at radius 1 is 1.31 bits per heavy atom. The zero-order valence-corrected chi connectivity index (χ0v) is 8.20. The first-order valence-electron chi connectivity index (χ1n) is 4.56. The molecule has 1 aliphatic heterocycles. The number of piperidine rings is 1. The Morgan fingerprint density at radius 2 is 1.88 bits per heavy atom. The number of nitrogens with zero attached hydrogens (tertiary/aromatic N) is 1. The largest absolute Gasteiger partial charge is 0.481 e. The van der Waals surface area contributed by atoms with Crippen molar-refractivity contribution in [2.24, 2.45) is 11.7 Å².